The SMILES string of the molecule is O=[PH](O)OC1=CCCCC1. The van der Waals surface area contributed by atoms with Crippen LogP contribution in [0.15, 0.2) is 11.8 Å². The lowest BCUT2D eigenvalue weighted by atomic mass is 10.1. The molecule has 1 N–H and O–H groups in total. The molecule has 0 aromatic heterocycles. The van der Waals surface area contributed by atoms with Gasteiger partial charge < -0.3 is 9.42 Å². The average Bonchev–Trinajstić information content (AvgIpc) is 1.88. The summed E-state index contributed by atoms with van der Waals surface area (Å²) in [7, 11) is -2.75. The van der Waals surface area contributed by atoms with Crippen LogP contribution in [0.25, 0.3) is 0 Å². The van der Waals surface area contributed by atoms with Crippen LogP contribution in [0.3, 0.4) is 0 Å². The zero-order valence-corrected chi connectivity index (χ0v) is 6.67. The van der Waals surface area contributed by atoms with E-state index >= 15 is 0 Å². The lowest BCUT2D eigenvalue weighted by molar-refractivity contribution is 0.331. The van der Waals surface area contributed by atoms with Crippen molar-refractivity contribution in [3.8, 4) is 0 Å². The Labute approximate surface area is 60.7 Å². The number of allylic oxidation sites excluding steroid dienone is 2. The molecule has 3 nitrogen and oxygen atoms in total. The molecule has 0 fully saturated rings. The third kappa shape index (κ3) is 2.54. The van der Waals surface area contributed by atoms with Crippen molar-refractivity contribution in [3.63, 3.8) is 0 Å². The van der Waals surface area contributed by atoms with Gasteiger partial charge >= 0.3 is 8.25 Å². The summed E-state index contributed by atoms with van der Waals surface area (Å²) in [5.41, 5.74) is 0. The molecule has 1 atom stereocenters. The van der Waals surface area contributed by atoms with E-state index in [1.54, 1.807) is 0 Å². The minimum Gasteiger partial charge on any atom is -0.431 e. The number of rotatable bonds is 2. The van der Waals surface area contributed by atoms with E-state index < -0.39 is 8.25 Å². The molecule has 0 aliphatic heterocycles. The summed E-state index contributed by atoms with van der Waals surface area (Å²) in [6.45, 7) is 0. The van der Waals surface area contributed by atoms with Crippen molar-refractivity contribution in [3.05, 3.63) is 11.8 Å². The Morgan fingerprint density at radius 2 is 2.40 bits per heavy atom. The zero-order valence-electron chi connectivity index (χ0n) is 5.67. The van der Waals surface area contributed by atoms with Crippen molar-refractivity contribution in [2.24, 2.45) is 0 Å². The highest BCUT2D eigenvalue weighted by Crippen LogP contribution is 2.27. The fourth-order valence-electron chi connectivity index (χ4n) is 1.01. The van der Waals surface area contributed by atoms with Crippen LogP contribution >= 0.6 is 8.25 Å². The summed E-state index contributed by atoms with van der Waals surface area (Å²) in [5.74, 6) is 0.692. The highest BCUT2D eigenvalue weighted by atomic mass is 31.1. The fraction of sp³-hybridized carbons (Fsp3) is 0.667. The minimum absolute atomic E-state index is 0.692. The van der Waals surface area contributed by atoms with Crippen LogP contribution in [0.1, 0.15) is 25.7 Å². The monoisotopic (exact) mass is 162 g/mol. The van der Waals surface area contributed by atoms with Crippen LogP contribution in [-0.4, -0.2) is 4.89 Å². The zero-order chi connectivity index (χ0) is 7.40. The van der Waals surface area contributed by atoms with E-state index in [9.17, 15) is 4.57 Å². The second kappa shape index (κ2) is 3.79. The Morgan fingerprint density at radius 3 is 2.90 bits per heavy atom. The maximum atomic E-state index is 10.2. The first-order valence-electron chi connectivity index (χ1n) is 3.39. The van der Waals surface area contributed by atoms with Crippen LogP contribution in [0.5, 0.6) is 0 Å². The summed E-state index contributed by atoms with van der Waals surface area (Å²) in [5, 5.41) is 0. The van der Waals surface area contributed by atoms with Crippen molar-refractivity contribution < 1.29 is 14.0 Å². The van der Waals surface area contributed by atoms with Gasteiger partial charge in [-0.3, -0.25) is 0 Å². The van der Waals surface area contributed by atoms with Gasteiger partial charge in [-0.1, -0.05) is 0 Å². The van der Waals surface area contributed by atoms with E-state index in [1.807, 2.05) is 6.08 Å². The maximum Gasteiger partial charge on any atom is 0.364 e. The molecule has 0 saturated carbocycles. The van der Waals surface area contributed by atoms with E-state index in [0.717, 1.165) is 19.3 Å². The fourth-order valence-corrected chi connectivity index (χ4v) is 1.42. The molecule has 1 aliphatic carbocycles. The molecule has 0 saturated heterocycles. The lowest BCUT2D eigenvalue weighted by Crippen LogP contribution is -1.91. The smallest absolute Gasteiger partial charge is 0.364 e. The van der Waals surface area contributed by atoms with Gasteiger partial charge in [0.05, 0.1) is 0 Å². The molecule has 0 amide bonds. The quantitative estimate of drug-likeness (QED) is 0.630. The van der Waals surface area contributed by atoms with Crippen molar-refractivity contribution in [1.29, 1.82) is 0 Å². The van der Waals surface area contributed by atoms with Gasteiger partial charge in [-0.25, -0.2) is 4.57 Å². The number of hydrogen-bond donors (Lipinski definition) is 1. The third-order valence-electron chi connectivity index (χ3n) is 1.47. The second-order valence-electron chi connectivity index (χ2n) is 2.28. The Hall–Kier alpha value is -0.270. The van der Waals surface area contributed by atoms with E-state index in [2.05, 4.69) is 4.52 Å². The molecular weight excluding hydrogens is 151 g/mol. The first kappa shape index (κ1) is 7.83. The summed E-state index contributed by atoms with van der Waals surface area (Å²) >= 11 is 0. The van der Waals surface area contributed by atoms with Crippen molar-refractivity contribution in [2.45, 2.75) is 25.7 Å². The normalized spacial score (nSPS) is 21.5. The second-order valence-corrected chi connectivity index (χ2v) is 3.02. The maximum absolute atomic E-state index is 10.2. The topological polar surface area (TPSA) is 46.5 Å². The van der Waals surface area contributed by atoms with E-state index in [1.165, 1.54) is 6.42 Å². The van der Waals surface area contributed by atoms with Gasteiger partial charge in [0.25, 0.3) is 0 Å². The van der Waals surface area contributed by atoms with Gasteiger partial charge in [0.1, 0.15) is 5.76 Å². The minimum atomic E-state index is -2.75. The van der Waals surface area contributed by atoms with Crippen molar-refractivity contribution >= 4 is 8.25 Å². The average molecular weight is 162 g/mol. The van der Waals surface area contributed by atoms with E-state index in [4.69, 9.17) is 4.89 Å². The Bertz CT molecular complexity index is 164. The van der Waals surface area contributed by atoms with Gasteiger partial charge in [0.15, 0.2) is 0 Å². The summed E-state index contributed by atoms with van der Waals surface area (Å²) in [6.07, 6.45) is 5.92. The van der Waals surface area contributed by atoms with Crippen molar-refractivity contribution in [1.82, 2.24) is 0 Å². The molecule has 0 spiro atoms. The molecule has 58 valence electrons. The number of hydrogen-bond acceptors (Lipinski definition) is 2. The highest BCUT2D eigenvalue weighted by molar-refractivity contribution is 7.32. The van der Waals surface area contributed by atoms with Crippen LogP contribution in [-0.2, 0) is 9.09 Å². The van der Waals surface area contributed by atoms with Crippen LogP contribution in [0.4, 0.5) is 0 Å². The summed E-state index contributed by atoms with van der Waals surface area (Å²) in [6, 6.07) is 0. The predicted octanol–water partition coefficient (Wildman–Crippen LogP) is 1.84. The van der Waals surface area contributed by atoms with Crippen LogP contribution in [0, 0.1) is 0 Å². The molecule has 1 unspecified atom stereocenters. The highest BCUT2D eigenvalue weighted by Gasteiger charge is 2.05. The van der Waals surface area contributed by atoms with Crippen LogP contribution in [0.2, 0.25) is 0 Å². The first-order chi connectivity index (χ1) is 4.79. The Kier molecular flexibility index (Phi) is 2.97. The molecule has 0 heterocycles. The first-order valence-corrected chi connectivity index (χ1v) is 4.65. The predicted molar refractivity (Wildman–Crippen MR) is 38.9 cm³/mol. The van der Waals surface area contributed by atoms with E-state index in [0.29, 0.717) is 5.76 Å². The molecule has 1 rings (SSSR count). The molecular formula is C6H11O3P. The van der Waals surface area contributed by atoms with Crippen LogP contribution < -0.4 is 0 Å². The van der Waals surface area contributed by atoms with Gasteiger partial charge in [-0.2, -0.15) is 0 Å². The Balaban J connectivity index is 2.38. The Morgan fingerprint density at radius 1 is 1.60 bits per heavy atom. The molecule has 0 aromatic carbocycles. The van der Waals surface area contributed by atoms with Gasteiger partial charge in [0, 0.05) is 6.42 Å². The van der Waals surface area contributed by atoms with Gasteiger partial charge in [0.2, 0.25) is 0 Å². The molecule has 10 heavy (non-hydrogen) atoms. The summed E-state index contributed by atoms with van der Waals surface area (Å²) in [4.78, 5) is 8.39. The van der Waals surface area contributed by atoms with Gasteiger partial charge in [-0.15, -0.1) is 0 Å². The molecule has 1 aliphatic rings. The molecule has 4 heteroatoms. The summed E-state index contributed by atoms with van der Waals surface area (Å²) < 4.78 is 14.8. The largest absolute Gasteiger partial charge is 0.431 e. The van der Waals surface area contributed by atoms with E-state index in [-0.39, 0.29) is 0 Å². The molecule has 0 aromatic rings. The van der Waals surface area contributed by atoms with Crippen molar-refractivity contribution in [2.75, 3.05) is 0 Å². The van der Waals surface area contributed by atoms with Gasteiger partial charge in [-0.05, 0) is 25.3 Å². The molecule has 0 bridgehead atoms. The standard InChI is InChI=1S/C6H11O3P/c7-10(8)9-6-4-2-1-3-5-6/h4,10H,1-3,5H2,(H,7,8). The lowest BCUT2D eigenvalue weighted by Gasteiger charge is -2.10. The molecule has 0 radical (unpaired) electrons. The third-order valence-corrected chi connectivity index (χ3v) is 1.90.